The Morgan fingerprint density at radius 2 is 1.65 bits per heavy atom. The van der Waals surface area contributed by atoms with Crippen LogP contribution in [0.15, 0.2) is 90.0 Å². The van der Waals surface area contributed by atoms with E-state index < -0.39 is 5.82 Å². The molecule has 4 aromatic carbocycles. The molecular weight excluding hydrogens is 529 g/mol. The monoisotopic (exact) mass is 543 g/mol. The summed E-state index contributed by atoms with van der Waals surface area (Å²) in [5.74, 6) is -1.01. The second-order valence-corrected chi connectivity index (χ2v) is 10.1. The van der Waals surface area contributed by atoms with Gasteiger partial charge in [-0.1, -0.05) is 90.7 Å². The molecule has 0 unspecified atom stereocenters. The molecule has 1 aromatic heterocycles. The number of nitrogens with zero attached hydrogens (tertiary/aromatic N) is 3. The van der Waals surface area contributed by atoms with E-state index in [0.717, 1.165) is 33.4 Å². The van der Waals surface area contributed by atoms with Gasteiger partial charge in [0.1, 0.15) is 5.75 Å². The summed E-state index contributed by atoms with van der Waals surface area (Å²) in [6, 6.07) is 24.8. The molecule has 2 heterocycles. The van der Waals surface area contributed by atoms with Crippen LogP contribution < -0.4 is 9.64 Å². The minimum atomic E-state index is -0.759. The molecule has 37 heavy (non-hydrogen) atoms. The highest BCUT2D eigenvalue weighted by molar-refractivity contribution is 8.27. The zero-order valence-electron chi connectivity index (χ0n) is 18.9. The van der Waals surface area contributed by atoms with Crippen LogP contribution in [0.3, 0.4) is 0 Å². The molecular formula is C28H15ClFN3O2S2. The fraction of sp³-hybridized carbons (Fsp3) is 0. The SMILES string of the molecule is O=C1/C(=C/c2c(Oc3nc(Cl)ncc3F)ccc3ccccc23)SC(=S)N1c1cccc2ccccc12. The lowest BCUT2D eigenvalue weighted by molar-refractivity contribution is -0.113. The van der Waals surface area contributed by atoms with Gasteiger partial charge in [-0.25, -0.2) is 4.98 Å². The van der Waals surface area contributed by atoms with E-state index in [2.05, 4.69) is 9.97 Å². The number of carbonyl (C=O) groups is 1. The maximum atomic E-state index is 14.4. The highest BCUT2D eigenvalue weighted by Crippen LogP contribution is 2.41. The van der Waals surface area contributed by atoms with Crippen molar-refractivity contribution >= 4 is 79.1 Å². The minimum absolute atomic E-state index is 0.144. The summed E-state index contributed by atoms with van der Waals surface area (Å²) >= 11 is 12.7. The van der Waals surface area contributed by atoms with Crippen molar-refractivity contribution in [1.29, 1.82) is 0 Å². The van der Waals surface area contributed by atoms with Crippen LogP contribution in [0.25, 0.3) is 27.6 Å². The number of carbonyl (C=O) groups excluding carboxylic acids is 1. The Bertz CT molecular complexity index is 1770. The maximum absolute atomic E-state index is 14.4. The summed E-state index contributed by atoms with van der Waals surface area (Å²) in [5, 5.41) is 3.53. The van der Waals surface area contributed by atoms with Crippen molar-refractivity contribution in [3.05, 3.63) is 107 Å². The Morgan fingerprint density at radius 3 is 2.46 bits per heavy atom. The third kappa shape index (κ3) is 4.33. The van der Waals surface area contributed by atoms with Crippen molar-refractivity contribution in [1.82, 2.24) is 9.97 Å². The smallest absolute Gasteiger partial charge is 0.270 e. The van der Waals surface area contributed by atoms with E-state index in [1.807, 2.05) is 72.8 Å². The molecule has 9 heteroatoms. The lowest BCUT2D eigenvalue weighted by atomic mass is 10.0. The molecule has 1 aliphatic heterocycles. The van der Waals surface area contributed by atoms with Crippen molar-refractivity contribution in [3.8, 4) is 11.6 Å². The van der Waals surface area contributed by atoms with Gasteiger partial charge in [0.05, 0.1) is 16.8 Å². The Morgan fingerprint density at radius 1 is 0.946 bits per heavy atom. The van der Waals surface area contributed by atoms with Crippen LogP contribution in [-0.2, 0) is 4.79 Å². The zero-order chi connectivity index (χ0) is 25.5. The van der Waals surface area contributed by atoms with Gasteiger partial charge < -0.3 is 4.74 Å². The second-order valence-electron chi connectivity index (χ2n) is 8.11. The van der Waals surface area contributed by atoms with E-state index in [1.165, 1.54) is 11.8 Å². The Kier molecular flexibility index (Phi) is 6.08. The first kappa shape index (κ1) is 23.5. The first-order valence-corrected chi connectivity index (χ1v) is 12.7. The summed E-state index contributed by atoms with van der Waals surface area (Å²) in [6.45, 7) is 0. The molecule has 0 bridgehead atoms. The molecule has 5 aromatic rings. The number of halogens is 2. The van der Waals surface area contributed by atoms with Crippen LogP contribution in [0.5, 0.6) is 11.6 Å². The van der Waals surface area contributed by atoms with E-state index in [9.17, 15) is 9.18 Å². The third-order valence-electron chi connectivity index (χ3n) is 5.90. The molecule has 5 nitrogen and oxygen atoms in total. The molecule has 6 rings (SSSR count). The number of benzene rings is 4. The summed E-state index contributed by atoms with van der Waals surface area (Å²) in [4.78, 5) is 23.1. The zero-order valence-corrected chi connectivity index (χ0v) is 21.3. The number of ether oxygens (including phenoxy) is 1. The van der Waals surface area contributed by atoms with E-state index in [1.54, 1.807) is 17.0 Å². The number of hydrogen-bond donors (Lipinski definition) is 0. The molecule has 0 aliphatic carbocycles. The van der Waals surface area contributed by atoms with Crippen molar-refractivity contribution < 1.29 is 13.9 Å². The summed E-state index contributed by atoms with van der Waals surface area (Å²) in [7, 11) is 0. The number of amides is 1. The van der Waals surface area contributed by atoms with Gasteiger partial charge in [-0.3, -0.25) is 9.69 Å². The minimum Gasteiger partial charge on any atom is -0.436 e. The predicted octanol–water partition coefficient (Wildman–Crippen LogP) is 7.77. The highest BCUT2D eigenvalue weighted by Gasteiger charge is 2.34. The number of fused-ring (bicyclic) bond motifs is 2. The van der Waals surface area contributed by atoms with E-state index in [0.29, 0.717) is 20.5 Å². The van der Waals surface area contributed by atoms with Crippen LogP contribution in [0.1, 0.15) is 5.56 Å². The summed E-state index contributed by atoms with van der Waals surface area (Å²) in [6.07, 6.45) is 2.67. The number of hydrogen-bond acceptors (Lipinski definition) is 6. The fourth-order valence-corrected chi connectivity index (χ4v) is 5.62. The number of rotatable bonds is 4. The van der Waals surface area contributed by atoms with Gasteiger partial charge in [0.15, 0.2) is 4.32 Å². The highest BCUT2D eigenvalue weighted by atomic mass is 35.5. The van der Waals surface area contributed by atoms with E-state index in [-0.39, 0.29) is 17.1 Å². The molecule has 1 aliphatic rings. The lowest BCUT2D eigenvalue weighted by Crippen LogP contribution is -2.27. The van der Waals surface area contributed by atoms with Crippen LogP contribution in [0.2, 0.25) is 5.28 Å². The number of thioether (sulfide) groups is 1. The van der Waals surface area contributed by atoms with Crippen LogP contribution in [0.4, 0.5) is 10.1 Å². The molecule has 0 N–H and O–H groups in total. The number of anilines is 1. The average Bonchev–Trinajstić information content (AvgIpc) is 3.19. The van der Waals surface area contributed by atoms with E-state index >= 15 is 0 Å². The Labute approximate surface area is 225 Å². The molecule has 0 radical (unpaired) electrons. The second kappa shape index (κ2) is 9.55. The molecule has 1 amide bonds. The van der Waals surface area contributed by atoms with Gasteiger partial charge in [0, 0.05) is 10.9 Å². The Hall–Kier alpha value is -3.85. The average molecular weight is 544 g/mol. The van der Waals surface area contributed by atoms with Gasteiger partial charge in [-0.2, -0.15) is 9.37 Å². The van der Waals surface area contributed by atoms with Gasteiger partial charge >= 0.3 is 0 Å². The maximum Gasteiger partial charge on any atom is 0.270 e. The van der Waals surface area contributed by atoms with E-state index in [4.69, 9.17) is 28.6 Å². The lowest BCUT2D eigenvalue weighted by Gasteiger charge is -2.17. The summed E-state index contributed by atoms with van der Waals surface area (Å²) < 4.78 is 20.6. The van der Waals surface area contributed by atoms with Gasteiger partial charge in [-0.15, -0.1) is 0 Å². The van der Waals surface area contributed by atoms with Crippen molar-refractivity contribution in [2.24, 2.45) is 0 Å². The van der Waals surface area contributed by atoms with Crippen molar-refractivity contribution in [3.63, 3.8) is 0 Å². The first-order valence-electron chi connectivity index (χ1n) is 11.1. The van der Waals surface area contributed by atoms with Gasteiger partial charge in [-0.05, 0) is 46.0 Å². The third-order valence-corrected chi connectivity index (χ3v) is 7.38. The molecule has 1 fully saturated rings. The Balaban J connectivity index is 1.47. The van der Waals surface area contributed by atoms with Crippen molar-refractivity contribution in [2.75, 3.05) is 4.90 Å². The van der Waals surface area contributed by atoms with Gasteiger partial charge in [0.2, 0.25) is 11.1 Å². The van der Waals surface area contributed by atoms with Gasteiger partial charge in [0.25, 0.3) is 11.8 Å². The fourth-order valence-electron chi connectivity index (χ4n) is 4.23. The molecule has 1 saturated heterocycles. The largest absolute Gasteiger partial charge is 0.436 e. The van der Waals surface area contributed by atoms with Crippen molar-refractivity contribution in [2.45, 2.75) is 0 Å². The molecule has 0 saturated carbocycles. The quantitative estimate of drug-likeness (QED) is 0.131. The van der Waals surface area contributed by atoms with Crippen LogP contribution >= 0.6 is 35.6 Å². The number of thiocarbonyl (C=S) groups is 1. The topological polar surface area (TPSA) is 55.3 Å². The van der Waals surface area contributed by atoms with Crippen LogP contribution in [0, 0.1) is 5.82 Å². The molecule has 180 valence electrons. The normalized spacial score (nSPS) is 14.8. The summed E-state index contributed by atoms with van der Waals surface area (Å²) in [5.41, 5.74) is 1.31. The first-order chi connectivity index (χ1) is 18.0. The van der Waals surface area contributed by atoms with Crippen LogP contribution in [-0.4, -0.2) is 20.2 Å². The standard InChI is InChI=1S/C28H15ClFN3O2S2/c29-27-31-15-21(30)25(32-27)35-23-13-12-17-7-1-3-9-18(17)20(23)14-24-26(34)33(28(36)37-24)22-11-5-8-16-6-2-4-10-19(16)22/h1-15H/b24-14-. The molecule has 0 atom stereocenters. The predicted molar refractivity (Wildman–Crippen MR) is 151 cm³/mol. The number of aromatic nitrogens is 2. The molecule has 0 spiro atoms.